The Kier molecular flexibility index (Phi) is 4.51. The summed E-state index contributed by atoms with van der Waals surface area (Å²) in [5, 5.41) is 4.47. The highest BCUT2D eigenvalue weighted by Gasteiger charge is 2.19. The minimum atomic E-state index is -0.175. The number of rotatable bonds is 4. The second-order valence-electron chi connectivity index (χ2n) is 5.54. The van der Waals surface area contributed by atoms with Crippen LogP contribution in [0.15, 0.2) is 11.1 Å². The molecule has 3 rings (SSSR count). The summed E-state index contributed by atoms with van der Waals surface area (Å²) < 4.78 is 1.43. The number of amides is 1. The van der Waals surface area contributed by atoms with Crippen LogP contribution in [0.4, 0.5) is 0 Å². The second kappa shape index (κ2) is 6.45. The van der Waals surface area contributed by atoms with E-state index in [2.05, 4.69) is 22.2 Å². The molecule has 0 saturated carbocycles. The lowest BCUT2D eigenvalue weighted by Crippen LogP contribution is -2.23. The number of hydrogen-bond donors (Lipinski definition) is 1. The topological polar surface area (TPSA) is 76.9 Å². The van der Waals surface area contributed by atoms with Crippen LogP contribution in [0.2, 0.25) is 0 Å². The summed E-state index contributed by atoms with van der Waals surface area (Å²) in [6, 6.07) is 0. The number of hydrogen-bond acceptors (Lipinski definition) is 6. The van der Waals surface area contributed by atoms with Gasteiger partial charge in [0.1, 0.15) is 4.83 Å². The van der Waals surface area contributed by atoms with Crippen molar-refractivity contribution in [2.75, 3.05) is 0 Å². The maximum Gasteiger partial charge on any atom is 0.262 e. The molecule has 1 amide bonds. The van der Waals surface area contributed by atoms with Crippen LogP contribution in [0.25, 0.3) is 10.2 Å². The summed E-state index contributed by atoms with van der Waals surface area (Å²) in [6.07, 6.45) is 2.33. The van der Waals surface area contributed by atoms with Crippen molar-refractivity contribution < 1.29 is 4.79 Å². The first-order valence-corrected chi connectivity index (χ1v) is 9.23. The molecule has 24 heavy (non-hydrogen) atoms. The number of fused-ring (bicyclic) bond motifs is 1. The second-order valence-corrected chi connectivity index (χ2v) is 7.82. The van der Waals surface area contributed by atoms with Crippen LogP contribution < -0.4 is 10.9 Å². The predicted octanol–water partition coefficient (Wildman–Crippen LogP) is 2.56. The van der Waals surface area contributed by atoms with Gasteiger partial charge < -0.3 is 9.88 Å². The van der Waals surface area contributed by atoms with Gasteiger partial charge in [0.2, 0.25) is 0 Å². The van der Waals surface area contributed by atoms with Crippen molar-refractivity contribution in [3.8, 4) is 0 Å². The van der Waals surface area contributed by atoms with Crippen LogP contribution in [-0.2, 0) is 20.0 Å². The third kappa shape index (κ3) is 2.87. The Balaban J connectivity index is 1.88. The molecule has 0 saturated heterocycles. The fourth-order valence-electron chi connectivity index (χ4n) is 2.59. The first-order chi connectivity index (χ1) is 11.4. The molecule has 0 aliphatic heterocycles. The summed E-state index contributed by atoms with van der Waals surface area (Å²) in [5.74, 6) is -0.175. The highest BCUT2D eigenvalue weighted by molar-refractivity contribution is 7.20. The monoisotopic (exact) mass is 362 g/mol. The Labute approximate surface area is 147 Å². The molecule has 3 heterocycles. The molecule has 8 heteroatoms. The van der Waals surface area contributed by atoms with Crippen molar-refractivity contribution in [1.29, 1.82) is 0 Å². The molecule has 0 fully saturated rings. The number of carbonyl (C=O) groups is 1. The lowest BCUT2D eigenvalue weighted by atomic mass is 10.2. The Hall–Kier alpha value is -2.06. The predicted molar refractivity (Wildman–Crippen MR) is 97.0 cm³/mol. The molecule has 0 unspecified atom stereocenters. The maximum atomic E-state index is 12.6. The Morgan fingerprint density at radius 2 is 2.08 bits per heavy atom. The zero-order valence-corrected chi connectivity index (χ0v) is 15.6. The largest absolute Gasteiger partial charge is 0.346 e. The van der Waals surface area contributed by atoms with Gasteiger partial charge in [-0.05, 0) is 25.8 Å². The van der Waals surface area contributed by atoms with E-state index in [0.717, 1.165) is 22.0 Å². The average Bonchev–Trinajstić information content (AvgIpc) is 3.09. The smallest absolute Gasteiger partial charge is 0.262 e. The molecule has 0 bridgehead atoms. The summed E-state index contributed by atoms with van der Waals surface area (Å²) >= 11 is 2.86. The molecule has 0 radical (unpaired) electrons. The number of aryl methyl sites for hydroxylation is 4. The van der Waals surface area contributed by atoms with E-state index >= 15 is 0 Å². The zero-order chi connectivity index (χ0) is 17.4. The van der Waals surface area contributed by atoms with E-state index in [1.165, 1.54) is 22.2 Å². The number of nitrogens with zero attached hydrogens (tertiary/aromatic N) is 3. The van der Waals surface area contributed by atoms with E-state index in [0.29, 0.717) is 27.2 Å². The minimum Gasteiger partial charge on any atom is -0.346 e. The van der Waals surface area contributed by atoms with Crippen molar-refractivity contribution >= 4 is 38.8 Å². The Morgan fingerprint density at radius 3 is 2.79 bits per heavy atom. The third-order valence-corrected chi connectivity index (χ3v) is 6.06. The molecule has 1 N–H and O–H groups in total. The van der Waals surface area contributed by atoms with Gasteiger partial charge in [-0.15, -0.1) is 22.7 Å². The van der Waals surface area contributed by atoms with E-state index in [1.807, 2.05) is 6.92 Å². The Bertz CT molecular complexity index is 984. The van der Waals surface area contributed by atoms with E-state index < -0.39 is 0 Å². The lowest BCUT2D eigenvalue weighted by molar-refractivity contribution is 0.0955. The summed E-state index contributed by atoms with van der Waals surface area (Å²) in [5.41, 5.74) is 1.60. The fraction of sp³-hybridized carbons (Fsp3) is 0.375. The van der Waals surface area contributed by atoms with Crippen LogP contribution in [0.5, 0.6) is 0 Å². The molecule has 3 aromatic heterocycles. The number of thiazole rings is 1. The summed E-state index contributed by atoms with van der Waals surface area (Å²) in [7, 11) is 1.66. The highest BCUT2D eigenvalue weighted by atomic mass is 32.1. The molecule has 3 aromatic rings. The van der Waals surface area contributed by atoms with Gasteiger partial charge in [-0.3, -0.25) is 9.59 Å². The van der Waals surface area contributed by atoms with Gasteiger partial charge in [-0.25, -0.2) is 9.97 Å². The van der Waals surface area contributed by atoms with Crippen LogP contribution in [0.1, 0.15) is 37.7 Å². The van der Waals surface area contributed by atoms with Crippen molar-refractivity contribution in [1.82, 2.24) is 19.9 Å². The summed E-state index contributed by atoms with van der Waals surface area (Å²) in [6.45, 7) is 6.27. The van der Waals surface area contributed by atoms with Crippen LogP contribution in [-0.4, -0.2) is 20.4 Å². The van der Waals surface area contributed by atoms with Gasteiger partial charge in [-0.1, -0.05) is 6.92 Å². The van der Waals surface area contributed by atoms with E-state index in [9.17, 15) is 9.59 Å². The third-order valence-electron chi connectivity index (χ3n) is 3.85. The molecular weight excluding hydrogens is 344 g/mol. The van der Waals surface area contributed by atoms with Gasteiger partial charge in [0.25, 0.3) is 11.5 Å². The number of thiophene rings is 1. The summed E-state index contributed by atoms with van der Waals surface area (Å²) in [4.78, 5) is 35.7. The minimum absolute atomic E-state index is 0.126. The van der Waals surface area contributed by atoms with Gasteiger partial charge >= 0.3 is 0 Å². The molecule has 0 aliphatic carbocycles. The van der Waals surface area contributed by atoms with Gasteiger partial charge in [0.05, 0.1) is 33.8 Å². The number of aromatic nitrogens is 3. The van der Waals surface area contributed by atoms with E-state index in [1.54, 1.807) is 25.3 Å². The molecule has 0 aromatic carbocycles. The van der Waals surface area contributed by atoms with Gasteiger partial charge in [0.15, 0.2) is 0 Å². The standard InChI is InChI=1S/C16H18N4O2S2/c1-5-10-11(23-9(3)19-10)6-17-14(21)13-8(2)12-15(24-13)18-7-20(4)16(12)22/h7H,5-6H2,1-4H3,(H,17,21). The highest BCUT2D eigenvalue weighted by Crippen LogP contribution is 2.27. The maximum absolute atomic E-state index is 12.6. The van der Waals surface area contributed by atoms with Crippen molar-refractivity contribution in [3.05, 3.63) is 42.7 Å². The van der Waals surface area contributed by atoms with E-state index in [4.69, 9.17) is 0 Å². The molecule has 6 nitrogen and oxygen atoms in total. The molecule has 0 spiro atoms. The molecular formula is C16H18N4O2S2. The first-order valence-electron chi connectivity index (χ1n) is 7.60. The van der Waals surface area contributed by atoms with Gasteiger partial charge in [-0.2, -0.15) is 0 Å². The van der Waals surface area contributed by atoms with Crippen LogP contribution in [0, 0.1) is 13.8 Å². The van der Waals surface area contributed by atoms with Crippen LogP contribution in [0.3, 0.4) is 0 Å². The van der Waals surface area contributed by atoms with Crippen molar-refractivity contribution in [2.24, 2.45) is 7.05 Å². The lowest BCUT2D eigenvalue weighted by Gasteiger charge is -2.04. The van der Waals surface area contributed by atoms with E-state index in [-0.39, 0.29) is 11.5 Å². The Morgan fingerprint density at radius 1 is 1.33 bits per heavy atom. The average molecular weight is 362 g/mol. The molecule has 126 valence electrons. The quantitative estimate of drug-likeness (QED) is 0.774. The normalized spacial score (nSPS) is 11.2. The molecule has 0 atom stereocenters. The number of carbonyl (C=O) groups excluding carboxylic acids is 1. The van der Waals surface area contributed by atoms with Crippen molar-refractivity contribution in [3.63, 3.8) is 0 Å². The van der Waals surface area contributed by atoms with Crippen molar-refractivity contribution in [2.45, 2.75) is 33.7 Å². The number of nitrogens with one attached hydrogen (secondary N) is 1. The van der Waals surface area contributed by atoms with Gasteiger partial charge in [0, 0.05) is 11.9 Å². The SMILES string of the molecule is CCc1nc(C)sc1CNC(=O)c1sc2ncn(C)c(=O)c2c1C. The fourth-order valence-corrected chi connectivity index (χ4v) is 4.61. The first kappa shape index (κ1) is 16.8. The zero-order valence-electron chi connectivity index (χ0n) is 14.0. The van der Waals surface area contributed by atoms with Crippen LogP contribution >= 0.6 is 22.7 Å². The molecule has 0 aliphatic rings.